The molecule has 1 aliphatic heterocycles. The number of anilines is 1. The van der Waals surface area contributed by atoms with Gasteiger partial charge in [-0.2, -0.15) is 0 Å². The fourth-order valence-corrected chi connectivity index (χ4v) is 3.38. The van der Waals surface area contributed by atoms with Crippen LogP contribution in [0.4, 0.5) is 5.82 Å². The Hall–Kier alpha value is -2.30. The van der Waals surface area contributed by atoms with Crippen LogP contribution in [-0.4, -0.2) is 33.1 Å². The lowest BCUT2D eigenvalue weighted by atomic mass is 10.2. The zero-order chi connectivity index (χ0) is 15.1. The van der Waals surface area contributed by atoms with E-state index in [9.17, 15) is 5.11 Å². The molecule has 0 amide bonds. The predicted molar refractivity (Wildman–Crippen MR) is 88.5 cm³/mol. The molecule has 22 heavy (non-hydrogen) atoms. The Morgan fingerprint density at radius 3 is 2.64 bits per heavy atom. The largest absolute Gasteiger partial charge is 0.508 e. The summed E-state index contributed by atoms with van der Waals surface area (Å²) in [7, 11) is 0. The monoisotopic (exact) mass is 296 g/mol. The highest BCUT2D eigenvalue weighted by molar-refractivity contribution is 6.11. The molecule has 0 bridgehead atoms. The molecule has 0 atom stereocenters. The van der Waals surface area contributed by atoms with Crippen LogP contribution in [0.2, 0.25) is 0 Å². The molecule has 5 heteroatoms. The number of H-pyrrole nitrogens is 1. The number of nitrogens with one attached hydrogen (secondary N) is 1. The van der Waals surface area contributed by atoms with E-state index in [4.69, 9.17) is 4.98 Å². The van der Waals surface area contributed by atoms with E-state index in [1.165, 1.54) is 25.7 Å². The Labute approximate surface area is 129 Å². The minimum absolute atomic E-state index is 0.274. The van der Waals surface area contributed by atoms with Gasteiger partial charge < -0.3 is 15.0 Å². The van der Waals surface area contributed by atoms with Crippen molar-refractivity contribution in [1.82, 2.24) is 15.0 Å². The molecule has 5 nitrogen and oxygen atoms in total. The number of hydrogen-bond donors (Lipinski definition) is 2. The Balaban J connectivity index is 1.98. The molecule has 114 valence electrons. The molecule has 2 N–H and O–H groups in total. The molecule has 3 aromatic rings. The van der Waals surface area contributed by atoms with E-state index >= 15 is 0 Å². The molecule has 0 radical (unpaired) electrons. The van der Waals surface area contributed by atoms with Crippen molar-refractivity contribution in [2.45, 2.75) is 32.6 Å². The van der Waals surface area contributed by atoms with Gasteiger partial charge in [-0.1, -0.05) is 12.8 Å². The first kappa shape index (κ1) is 13.4. The second-order valence-electron chi connectivity index (χ2n) is 6.07. The van der Waals surface area contributed by atoms with Crippen molar-refractivity contribution in [2.24, 2.45) is 0 Å². The average molecular weight is 296 g/mol. The molecule has 2 aromatic heterocycles. The lowest BCUT2D eigenvalue weighted by Gasteiger charge is -2.22. The number of aryl methyl sites for hydroxylation is 1. The minimum Gasteiger partial charge on any atom is -0.508 e. The van der Waals surface area contributed by atoms with Gasteiger partial charge in [-0.15, -0.1) is 0 Å². The van der Waals surface area contributed by atoms with Crippen LogP contribution >= 0.6 is 0 Å². The van der Waals surface area contributed by atoms with Gasteiger partial charge in [0.2, 0.25) is 0 Å². The summed E-state index contributed by atoms with van der Waals surface area (Å²) in [5.74, 6) is 2.06. The van der Waals surface area contributed by atoms with E-state index in [1.807, 2.05) is 13.0 Å². The maximum Gasteiger partial charge on any atom is 0.144 e. The summed E-state index contributed by atoms with van der Waals surface area (Å²) in [5.41, 5.74) is 1.84. The molecule has 1 aliphatic rings. The summed E-state index contributed by atoms with van der Waals surface area (Å²) in [6.07, 6.45) is 4.99. The fourth-order valence-electron chi connectivity index (χ4n) is 3.38. The molecule has 4 rings (SSSR count). The molecule has 1 aromatic carbocycles. The molecule has 0 spiro atoms. The van der Waals surface area contributed by atoms with Crippen LogP contribution in [-0.2, 0) is 0 Å². The SMILES string of the molecule is Cc1nc(N2CCCCCC2)c2c(n1)[nH]c1ccc(O)cc12. The highest BCUT2D eigenvalue weighted by Crippen LogP contribution is 2.34. The second kappa shape index (κ2) is 5.16. The van der Waals surface area contributed by atoms with Crippen molar-refractivity contribution in [3.8, 4) is 5.75 Å². The minimum atomic E-state index is 0.274. The lowest BCUT2D eigenvalue weighted by molar-refractivity contribution is 0.476. The van der Waals surface area contributed by atoms with Crippen molar-refractivity contribution >= 4 is 27.8 Å². The van der Waals surface area contributed by atoms with Gasteiger partial charge in [-0.3, -0.25) is 0 Å². The van der Waals surface area contributed by atoms with Crippen LogP contribution in [0.15, 0.2) is 18.2 Å². The molecule has 1 saturated heterocycles. The number of nitrogens with zero attached hydrogens (tertiary/aromatic N) is 3. The van der Waals surface area contributed by atoms with E-state index in [-0.39, 0.29) is 5.75 Å². The normalized spacial score (nSPS) is 16.3. The Morgan fingerprint density at radius 2 is 1.86 bits per heavy atom. The van der Waals surface area contributed by atoms with Gasteiger partial charge in [-0.05, 0) is 38.0 Å². The number of hydrogen-bond acceptors (Lipinski definition) is 4. The third kappa shape index (κ3) is 2.17. The average Bonchev–Trinajstić information content (AvgIpc) is 2.69. The zero-order valence-electron chi connectivity index (χ0n) is 12.8. The van der Waals surface area contributed by atoms with Gasteiger partial charge in [0.25, 0.3) is 0 Å². The summed E-state index contributed by atoms with van der Waals surface area (Å²) in [5, 5.41) is 11.9. The van der Waals surface area contributed by atoms with E-state index in [2.05, 4.69) is 14.9 Å². The van der Waals surface area contributed by atoms with Gasteiger partial charge in [0.1, 0.15) is 23.0 Å². The number of aromatic nitrogens is 3. The quantitative estimate of drug-likeness (QED) is 0.721. The van der Waals surface area contributed by atoms with E-state index in [1.54, 1.807) is 12.1 Å². The van der Waals surface area contributed by atoms with Crippen molar-refractivity contribution < 1.29 is 5.11 Å². The van der Waals surface area contributed by atoms with Crippen LogP contribution in [0.3, 0.4) is 0 Å². The second-order valence-corrected chi connectivity index (χ2v) is 6.07. The van der Waals surface area contributed by atoms with Crippen LogP contribution in [0.5, 0.6) is 5.75 Å². The number of fused-ring (bicyclic) bond motifs is 3. The first-order valence-electron chi connectivity index (χ1n) is 7.96. The van der Waals surface area contributed by atoms with E-state index in [0.717, 1.165) is 46.7 Å². The highest BCUT2D eigenvalue weighted by Gasteiger charge is 2.19. The van der Waals surface area contributed by atoms with Crippen LogP contribution < -0.4 is 4.90 Å². The maximum absolute atomic E-state index is 9.84. The van der Waals surface area contributed by atoms with Crippen LogP contribution in [0, 0.1) is 6.92 Å². The molecule has 0 unspecified atom stereocenters. The number of aromatic amines is 1. The van der Waals surface area contributed by atoms with E-state index < -0.39 is 0 Å². The predicted octanol–water partition coefficient (Wildman–Crippen LogP) is 3.51. The zero-order valence-corrected chi connectivity index (χ0v) is 12.8. The van der Waals surface area contributed by atoms with Gasteiger partial charge in [0, 0.05) is 24.0 Å². The third-order valence-corrected chi connectivity index (χ3v) is 4.43. The molecule has 1 fully saturated rings. The standard InChI is InChI=1S/C17H20N4O/c1-11-18-16-15(13-10-12(22)6-7-14(13)20-16)17(19-11)21-8-4-2-3-5-9-21/h6-7,10,22H,2-5,8-9H2,1H3,(H,18,19,20). The fraction of sp³-hybridized carbons (Fsp3) is 0.412. The Morgan fingerprint density at radius 1 is 1.09 bits per heavy atom. The van der Waals surface area contributed by atoms with Gasteiger partial charge >= 0.3 is 0 Å². The topological polar surface area (TPSA) is 65.0 Å². The van der Waals surface area contributed by atoms with Gasteiger partial charge in [0.15, 0.2) is 0 Å². The summed E-state index contributed by atoms with van der Waals surface area (Å²) in [6.45, 7) is 4.01. The Bertz CT molecular complexity index is 831. The van der Waals surface area contributed by atoms with Crippen LogP contribution in [0.1, 0.15) is 31.5 Å². The molecule has 3 heterocycles. The summed E-state index contributed by atoms with van der Waals surface area (Å²) < 4.78 is 0. The molecule has 0 saturated carbocycles. The summed E-state index contributed by atoms with van der Waals surface area (Å²) in [6, 6.07) is 5.39. The third-order valence-electron chi connectivity index (χ3n) is 4.43. The van der Waals surface area contributed by atoms with Crippen molar-refractivity contribution in [3.63, 3.8) is 0 Å². The summed E-state index contributed by atoms with van der Waals surface area (Å²) >= 11 is 0. The maximum atomic E-state index is 9.84. The van der Waals surface area contributed by atoms with E-state index in [0.29, 0.717) is 0 Å². The number of rotatable bonds is 1. The van der Waals surface area contributed by atoms with Crippen molar-refractivity contribution in [1.29, 1.82) is 0 Å². The number of aromatic hydroxyl groups is 1. The highest BCUT2D eigenvalue weighted by atomic mass is 16.3. The first-order chi connectivity index (χ1) is 10.7. The summed E-state index contributed by atoms with van der Waals surface area (Å²) in [4.78, 5) is 15.0. The molecular formula is C17H20N4O. The Kier molecular flexibility index (Phi) is 3.13. The number of phenolic OH excluding ortho intramolecular Hbond substituents is 1. The molecular weight excluding hydrogens is 276 g/mol. The van der Waals surface area contributed by atoms with Crippen molar-refractivity contribution in [2.75, 3.05) is 18.0 Å². The van der Waals surface area contributed by atoms with Gasteiger partial charge in [0.05, 0.1) is 5.39 Å². The number of benzene rings is 1. The van der Waals surface area contributed by atoms with Gasteiger partial charge in [-0.25, -0.2) is 9.97 Å². The smallest absolute Gasteiger partial charge is 0.144 e. The molecule has 0 aliphatic carbocycles. The lowest BCUT2D eigenvalue weighted by Crippen LogP contribution is -2.25. The first-order valence-corrected chi connectivity index (χ1v) is 7.96. The van der Waals surface area contributed by atoms with Crippen LogP contribution in [0.25, 0.3) is 21.9 Å². The number of phenols is 1. The van der Waals surface area contributed by atoms with Crippen molar-refractivity contribution in [3.05, 3.63) is 24.0 Å².